The monoisotopic (exact) mass is 455 g/mol. The molecule has 0 bridgehead atoms. The van der Waals surface area contributed by atoms with Crippen molar-refractivity contribution in [3.63, 3.8) is 0 Å². The Kier molecular flexibility index (Phi) is 5.02. The summed E-state index contributed by atoms with van der Waals surface area (Å²) in [6, 6.07) is 18.5. The van der Waals surface area contributed by atoms with Gasteiger partial charge in [0.2, 0.25) is 0 Å². The predicted octanol–water partition coefficient (Wildman–Crippen LogP) is 5.56. The summed E-state index contributed by atoms with van der Waals surface area (Å²) in [5.74, 6) is 1.91. The zero-order valence-corrected chi connectivity index (χ0v) is 18.6. The Morgan fingerprint density at radius 1 is 0.941 bits per heavy atom. The molecule has 0 aromatic heterocycles. The van der Waals surface area contributed by atoms with E-state index < -0.39 is 0 Å². The first-order valence-electron chi connectivity index (χ1n) is 11.3. The molecule has 3 aromatic carbocycles. The fourth-order valence-electron chi connectivity index (χ4n) is 4.40. The first-order valence-corrected chi connectivity index (χ1v) is 11.3. The van der Waals surface area contributed by atoms with Crippen LogP contribution in [0, 0.1) is 5.82 Å². The van der Waals surface area contributed by atoms with E-state index in [-0.39, 0.29) is 5.82 Å². The van der Waals surface area contributed by atoms with Gasteiger partial charge in [-0.05, 0) is 43.3 Å². The summed E-state index contributed by atoms with van der Waals surface area (Å²) in [7, 11) is 0. The smallest absolute Gasteiger partial charge is 0.163 e. The number of benzene rings is 3. The SMILES string of the molecule is CCOc1ccc(-c2nnc3c4cc5c(cc4n(Cc4ccccc4F)cc2-3)OCCO5)cc1. The quantitative estimate of drug-likeness (QED) is 0.347. The van der Waals surface area contributed by atoms with Crippen molar-refractivity contribution in [3.8, 4) is 39.8 Å². The molecule has 3 aromatic rings. The van der Waals surface area contributed by atoms with Crippen LogP contribution < -0.4 is 14.2 Å². The van der Waals surface area contributed by atoms with E-state index in [1.54, 1.807) is 12.1 Å². The first kappa shape index (κ1) is 20.5. The van der Waals surface area contributed by atoms with Gasteiger partial charge in [-0.25, -0.2) is 4.39 Å². The lowest BCUT2D eigenvalue weighted by Gasteiger charge is -2.21. The van der Waals surface area contributed by atoms with Gasteiger partial charge in [0.1, 0.15) is 36.2 Å². The van der Waals surface area contributed by atoms with Gasteiger partial charge in [-0.2, -0.15) is 0 Å². The number of ether oxygens (including phenoxy) is 3. The molecule has 0 spiro atoms. The summed E-state index contributed by atoms with van der Waals surface area (Å²) in [5, 5.41) is 9.93. The maximum atomic E-state index is 14.6. The second kappa shape index (κ2) is 8.33. The lowest BCUT2D eigenvalue weighted by atomic mass is 10.0. The standard InChI is InChI=1S/C27H22FN3O3/c1-2-32-19-9-7-17(8-10-19)26-21-16-31(15-18-5-3-4-6-22(18)28)23-14-25-24(33-11-12-34-25)13-20(23)27(21)30-29-26/h3-10,13-14,16H,2,11-12,15H2,1H3. The van der Waals surface area contributed by atoms with E-state index in [1.165, 1.54) is 6.07 Å². The Labute approximate surface area is 195 Å². The average molecular weight is 455 g/mol. The van der Waals surface area contributed by atoms with Crippen LogP contribution in [-0.4, -0.2) is 34.6 Å². The zero-order valence-electron chi connectivity index (χ0n) is 18.6. The molecule has 3 aliphatic heterocycles. The summed E-state index contributed by atoms with van der Waals surface area (Å²) in [5.41, 5.74) is 4.80. The summed E-state index contributed by atoms with van der Waals surface area (Å²) in [4.78, 5) is 0. The van der Waals surface area contributed by atoms with E-state index in [4.69, 9.17) is 14.2 Å². The third kappa shape index (κ3) is 3.50. The van der Waals surface area contributed by atoms with E-state index in [9.17, 15) is 4.39 Å². The van der Waals surface area contributed by atoms with Crippen molar-refractivity contribution in [2.75, 3.05) is 19.8 Å². The predicted molar refractivity (Wildman–Crippen MR) is 127 cm³/mol. The summed E-state index contributed by atoms with van der Waals surface area (Å²) >= 11 is 0. The minimum atomic E-state index is -0.244. The van der Waals surface area contributed by atoms with Crippen molar-refractivity contribution in [1.82, 2.24) is 14.8 Å². The molecule has 7 heteroatoms. The number of nitrogens with zero attached hydrogens (tertiary/aromatic N) is 3. The van der Waals surface area contributed by atoms with Crippen molar-refractivity contribution in [3.05, 3.63) is 78.2 Å². The van der Waals surface area contributed by atoms with Crippen molar-refractivity contribution in [2.45, 2.75) is 13.5 Å². The van der Waals surface area contributed by atoms with Crippen molar-refractivity contribution >= 4 is 10.9 Å². The van der Waals surface area contributed by atoms with Gasteiger partial charge in [-0.1, -0.05) is 18.2 Å². The highest BCUT2D eigenvalue weighted by molar-refractivity contribution is 5.99. The van der Waals surface area contributed by atoms with E-state index in [2.05, 4.69) is 10.2 Å². The molecule has 0 atom stereocenters. The Balaban J connectivity index is 1.55. The number of halogens is 1. The number of rotatable bonds is 5. The molecule has 0 aliphatic carbocycles. The summed E-state index contributed by atoms with van der Waals surface area (Å²) in [6.45, 7) is 3.90. The van der Waals surface area contributed by atoms with Crippen LogP contribution in [0.1, 0.15) is 12.5 Å². The molecular formula is C27H22FN3O3. The molecule has 0 N–H and O–H groups in total. The minimum absolute atomic E-state index is 0.244. The molecule has 6 nitrogen and oxygen atoms in total. The average Bonchev–Trinajstić information content (AvgIpc) is 3.29. The van der Waals surface area contributed by atoms with Crippen LogP contribution in [0.3, 0.4) is 0 Å². The van der Waals surface area contributed by atoms with Gasteiger partial charge in [0, 0.05) is 34.3 Å². The molecule has 0 unspecified atom stereocenters. The Morgan fingerprint density at radius 3 is 2.44 bits per heavy atom. The number of fused-ring (bicyclic) bond motifs is 4. The highest BCUT2D eigenvalue weighted by atomic mass is 19.1. The molecule has 0 saturated carbocycles. The highest BCUT2D eigenvalue weighted by Gasteiger charge is 2.23. The molecule has 0 fully saturated rings. The van der Waals surface area contributed by atoms with Crippen LogP contribution in [-0.2, 0) is 6.54 Å². The molecule has 0 saturated heterocycles. The second-order valence-electron chi connectivity index (χ2n) is 8.13. The second-order valence-corrected chi connectivity index (χ2v) is 8.13. The first-order chi connectivity index (χ1) is 16.7. The molecule has 170 valence electrons. The van der Waals surface area contributed by atoms with Crippen molar-refractivity contribution in [2.24, 2.45) is 0 Å². The molecule has 0 radical (unpaired) electrons. The van der Waals surface area contributed by atoms with Gasteiger partial charge >= 0.3 is 0 Å². The van der Waals surface area contributed by atoms with Gasteiger partial charge in [0.15, 0.2) is 11.5 Å². The number of hydrogen-bond donors (Lipinski definition) is 0. The topological polar surface area (TPSA) is 58.4 Å². The Bertz CT molecular complexity index is 1460. The number of aromatic nitrogens is 3. The van der Waals surface area contributed by atoms with Crippen LogP contribution in [0.25, 0.3) is 33.4 Å². The fraction of sp³-hybridized carbons (Fsp3) is 0.185. The van der Waals surface area contributed by atoms with Crippen LogP contribution in [0.15, 0.2) is 66.9 Å². The van der Waals surface area contributed by atoms with Crippen LogP contribution in [0.4, 0.5) is 4.39 Å². The maximum Gasteiger partial charge on any atom is 0.163 e. The van der Waals surface area contributed by atoms with E-state index in [1.807, 2.05) is 60.2 Å². The molecule has 0 amide bonds. The Hall–Kier alpha value is -4.13. The maximum absolute atomic E-state index is 14.6. The van der Waals surface area contributed by atoms with Gasteiger partial charge in [0.25, 0.3) is 0 Å². The van der Waals surface area contributed by atoms with E-state index >= 15 is 0 Å². The largest absolute Gasteiger partial charge is 0.494 e. The number of pyridine rings is 1. The number of hydrogen-bond acceptors (Lipinski definition) is 5. The van der Waals surface area contributed by atoms with Gasteiger partial charge in [0.05, 0.1) is 18.7 Å². The highest BCUT2D eigenvalue weighted by Crippen LogP contribution is 2.42. The molecule has 3 heterocycles. The lowest BCUT2D eigenvalue weighted by Crippen LogP contribution is -2.16. The van der Waals surface area contributed by atoms with E-state index in [0.717, 1.165) is 39.2 Å². The Morgan fingerprint density at radius 2 is 1.68 bits per heavy atom. The molecule has 6 rings (SSSR count). The summed E-state index contributed by atoms with van der Waals surface area (Å²) in [6.07, 6.45) is 1.99. The third-order valence-corrected chi connectivity index (χ3v) is 6.01. The van der Waals surface area contributed by atoms with Gasteiger partial charge in [-0.15, -0.1) is 10.2 Å². The fourth-order valence-corrected chi connectivity index (χ4v) is 4.40. The third-order valence-electron chi connectivity index (χ3n) is 6.01. The van der Waals surface area contributed by atoms with Crippen LogP contribution in [0.5, 0.6) is 17.2 Å². The normalized spacial score (nSPS) is 12.9. The van der Waals surface area contributed by atoms with E-state index in [0.29, 0.717) is 43.4 Å². The minimum Gasteiger partial charge on any atom is -0.494 e. The molecule has 34 heavy (non-hydrogen) atoms. The van der Waals surface area contributed by atoms with Crippen molar-refractivity contribution in [1.29, 1.82) is 0 Å². The van der Waals surface area contributed by atoms with Gasteiger partial charge in [-0.3, -0.25) is 0 Å². The molecule has 3 aliphatic rings. The lowest BCUT2D eigenvalue weighted by molar-refractivity contribution is 0.172. The van der Waals surface area contributed by atoms with Crippen LogP contribution >= 0.6 is 0 Å². The van der Waals surface area contributed by atoms with Crippen molar-refractivity contribution < 1.29 is 18.6 Å². The summed E-state index contributed by atoms with van der Waals surface area (Å²) < 4.78 is 33.8. The van der Waals surface area contributed by atoms with Crippen LogP contribution in [0.2, 0.25) is 0 Å². The molecular weight excluding hydrogens is 433 g/mol. The zero-order chi connectivity index (χ0) is 23.1. The van der Waals surface area contributed by atoms with Gasteiger partial charge < -0.3 is 18.8 Å².